The summed E-state index contributed by atoms with van der Waals surface area (Å²) in [6.07, 6.45) is 4.99. The molecule has 1 heterocycles. The summed E-state index contributed by atoms with van der Waals surface area (Å²) in [5, 5.41) is 22.7. The summed E-state index contributed by atoms with van der Waals surface area (Å²) >= 11 is 0. The van der Waals surface area contributed by atoms with Crippen molar-refractivity contribution in [3.63, 3.8) is 0 Å². The molecule has 0 saturated carbocycles. The van der Waals surface area contributed by atoms with Gasteiger partial charge in [0.15, 0.2) is 0 Å². The van der Waals surface area contributed by atoms with Crippen molar-refractivity contribution in [3.05, 3.63) is 28.3 Å². The van der Waals surface area contributed by atoms with Crippen LogP contribution >= 0.6 is 0 Å². The molecule has 20 heavy (non-hydrogen) atoms. The van der Waals surface area contributed by atoms with Crippen LogP contribution in [0.25, 0.3) is 0 Å². The van der Waals surface area contributed by atoms with Crippen LogP contribution in [0.4, 0.5) is 0 Å². The summed E-state index contributed by atoms with van der Waals surface area (Å²) in [6.45, 7) is 2.54. The Hall–Kier alpha value is -1.55. The molecule has 0 bridgehead atoms. The van der Waals surface area contributed by atoms with E-state index in [4.69, 9.17) is 5.11 Å². The highest BCUT2D eigenvalue weighted by Crippen LogP contribution is 2.40. The van der Waals surface area contributed by atoms with Gasteiger partial charge >= 0.3 is 5.97 Å². The molecule has 1 fully saturated rings. The number of fused-ring (bicyclic) bond motifs is 1. The zero-order valence-corrected chi connectivity index (χ0v) is 11.8. The highest BCUT2D eigenvalue weighted by atomic mass is 16.4. The van der Waals surface area contributed by atoms with E-state index < -0.39 is 5.97 Å². The van der Waals surface area contributed by atoms with Crippen LogP contribution < -0.4 is 5.32 Å². The van der Waals surface area contributed by atoms with E-state index in [0.717, 1.165) is 30.4 Å². The van der Waals surface area contributed by atoms with Gasteiger partial charge in [-0.1, -0.05) is 0 Å². The largest absolute Gasteiger partial charge is 0.508 e. The number of nitrogens with one attached hydrogen (secondary N) is 1. The van der Waals surface area contributed by atoms with Crippen molar-refractivity contribution in [2.24, 2.45) is 5.92 Å². The summed E-state index contributed by atoms with van der Waals surface area (Å²) < 4.78 is 0. The van der Waals surface area contributed by atoms with E-state index in [9.17, 15) is 9.90 Å². The van der Waals surface area contributed by atoms with Gasteiger partial charge in [-0.2, -0.15) is 0 Å². The van der Waals surface area contributed by atoms with Crippen LogP contribution in [0.1, 0.15) is 47.6 Å². The number of aromatic hydroxyl groups is 1. The molecule has 0 radical (unpaired) electrons. The third-order valence-corrected chi connectivity index (χ3v) is 4.73. The van der Waals surface area contributed by atoms with Crippen LogP contribution in [0, 0.1) is 12.8 Å². The predicted molar refractivity (Wildman–Crippen MR) is 76.0 cm³/mol. The van der Waals surface area contributed by atoms with E-state index in [0.29, 0.717) is 18.7 Å². The Bertz CT molecular complexity index is 553. The van der Waals surface area contributed by atoms with E-state index in [1.165, 1.54) is 17.5 Å². The number of phenolic OH excluding ortho intramolecular Hbond substituents is 1. The number of rotatable bonds is 2. The minimum Gasteiger partial charge on any atom is -0.508 e. The molecule has 3 rings (SSSR count). The van der Waals surface area contributed by atoms with Crippen molar-refractivity contribution in [1.29, 1.82) is 0 Å². The van der Waals surface area contributed by atoms with Gasteiger partial charge in [-0.15, -0.1) is 0 Å². The molecule has 0 aromatic heterocycles. The summed E-state index contributed by atoms with van der Waals surface area (Å²) in [4.78, 5) is 11.1. The zero-order valence-electron chi connectivity index (χ0n) is 11.8. The second-order valence-corrected chi connectivity index (χ2v) is 6.02. The molecule has 0 spiro atoms. The first-order valence-corrected chi connectivity index (χ1v) is 7.38. The summed E-state index contributed by atoms with van der Waals surface area (Å²) in [6, 6.07) is 1.82. The summed E-state index contributed by atoms with van der Waals surface area (Å²) in [5.41, 5.74) is 4.74. The Labute approximate surface area is 118 Å². The number of benzene rings is 1. The lowest BCUT2D eigenvalue weighted by atomic mass is 9.82. The molecule has 1 aromatic carbocycles. The normalized spacial score (nSPS) is 25.4. The van der Waals surface area contributed by atoms with Crippen LogP contribution in [-0.4, -0.2) is 22.7 Å². The van der Waals surface area contributed by atoms with Gasteiger partial charge in [-0.05, 0) is 61.8 Å². The maximum Gasteiger partial charge on any atom is 0.307 e. The van der Waals surface area contributed by atoms with Crippen LogP contribution in [0.3, 0.4) is 0 Å². The Morgan fingerprint density at radius 2 is 2.00 bits per heavy atom. The van der Waals surface area contributed by atoms with Crippen molar-refractivity contribution < 1.29 is 15.0 Å². The van der Waals surface area contributed by atoms with Crippen molar-refractivity contribution in [2.75, 3.05) is 6.54 Å². The first-order chi connectivity index (χ1) is 9.58. The number of carboxylic acid groups (broad SMARTS) is 1. The van der Waals surface area contributed by atoms with E-state index in [2.05, 4.69) is 12.2 Å². The average Bonchev–Trinajstić information content (AvgIpc) is 2.88. The molecular formula is C16H21NO3. The second kappa shape index (κ2) is 5.09. The van der Waals surface area contributed by atoms with E-state index in [1.54, 1.807) is 0 Å². The molecule has 3 N–H and O–H groups in total. The van der Waals surface area contributed by atoms with Gasteiger partial charge in [-0.25, -0.2) is 0 Å². The number of carbonyl (C=O) groups is 1. The molecule has 1 aliphatic heterocycles. The quantitative estimate of drug-likeness (QED) is 0.774. The molecule has 4 heteroatoms. The maximum absolute atomic E-state index is 11.1. The van der Waals surface area contributed by atoms with E-state index in [1.807, 2.05) is 6.07 Å². The van der Waals surface area contributed by atoms with Gasteiger partial charge in [-0.3, -0.25) is 4.79 Å². The summed E-state index contributed by atoms with van der Waals surface area (Å²) in [7, 11) is 0. The second-order valence-electron chi connectivity index (χ2n) is 6.02. The minimum absolute atomic E-state index is 0.0245. The highest BCUT2D eigenvalue weighted by Gasteiger charge is 2.34. The van der Waals surface area contributed by atoms with Crippen molar-refractivity contribution in [1.82, 2.24) is 5.32 Å². The lowest BCUT2D eigenvalue weighted by Crippen LogP contribution is -2.19. The zero-order chi connectivity index (χ0) is 14.3. The standard InChI is InChI=1S/C16H21NO3/c1-9-6-14(18)15(12-5-3-2-4-11(9)12)13-7-10(8-17-13)16(19)20/h6,10,13,17-18H,2-5,7-8H2,1H3,(H,19,20). The van der Waals surface area contributed by atoms with Gasteiger partial charge in [0.1, 0.15) is 5.75 Å². The number of hydrogen-bond donors (Lipinski definition) is 3. The average molecular weight is 275 g/mol. The highest BCUT2D eigenvalue weighted by molar-refractivity contribution is 5.71. The Kier molecular flexibility index (Phi) is 3.42. The van der Waals surface area contributed by atoms with Crippen molar-refractivity contribution in [3.8, 4) is 5.75 Å². The molecule has 1 saturated heterocycles. The topological polar surface area (TPSA) is 69.6 Å². The Morgan fingerprint density at radius 1 is 1.30 bits per heavy atom. The van der Waals surface area contributed by atoms with Gasteiger partial charge in [0.05, 0.1) is 5.92 Å². The number of carboxylic acids is 1. The van der Waals surface area contributed by atoms with Crippen LogP contribution in [0.5, 0.6) is 5.75 Å². The molecule has 0 amide bonds. The van der Waals surface area contributed by atoms with Gasteiger partial charge < -0.3 is 15.5 Å². The number of aryl methyl sites for hydroxylation is 1. The van der Waals surface area contributed by atoms with Gasteiger partial charge in [0.25, 0.3) is 0 Å². The summed E-state index contributed by atoms with van der Waals surface area (Å²) in [5.74, 6) is -0.771. The SMILES string of the molecule is Cc1cc(O)c(C2CC(C(=O)O)CN2)c2c1CCCC2. The number of aliphatic carboxylic acids is 1. The number of phenols is 1. The lowest BCUT2D eigenvalue weighted by Gasteiger charge is -2.25. The predicted octanol–water partition coefficient (Wildman–Crippen LogP) is 2.31. The van der Waals surface area contributed by atoms with Crippen LogP contribution in [-0.2, 0) is 17.6 Å². The Morgan fingerprint density at radius 3 is 2.65 bits per heavy atom. The maximum atomic E-state index is 11.1. The molecule has 2 aliphatic rings. The van der Waals surface area contributed by atoms with Crippen molar-refractivity contribution >= 4 is 5.97 Å². The van der Waals surface area contributed by atoms with Crippen LogP contribution in [0.2, 0.25) is 0 Å². The third kappa shape index (κ3) is 2.18. The first-order valence-electron chi connectivity index (χ1n) is 7.38. The fourth-order valence-electron chi connectivity index (χ4n) is 3.69. The lowest BCUT2D eigenvalue weighted by molar-refractivity contribution is -0.141. The Balaban J connectivity index is 1.99. The van der Waals surface area contributed by atoms with Crippen molar-refractivity contribution in [2.45, 2.75) is 45.1 Å². The molecule has 2 atom stereocenters. The van der Waals surface area contributed by atoms with E-state index in [-0.39, 0.29) is 12.0 Å². The molecule has 2 unspecified atom stereocenters. The fraction of sp³-hybridized carbons (Fsp3) is 0.562. The third-order valence-electron chi connectivity index (χ3n) is 4.73. The monoisotopic (exact) mass is 275 g/mol. The van der Waals surface area contributed by atoms with E-state index >= 15 is 0 Å². The first kappa shape index (κ1) is 13.4. The van der Waals surface area contributed by atoms with Crippen LogP contribution in [0.15, 0.2) is 6.07 Å². The number of hydrogen-bond acceptors (Lipinski definition) is 3. The molecular weight excluding hydrogens is 254 g/mol. The molecule has 1 aliphatic carbocycles. The fourth-order valence-corrected chi connectivity index (χ4v) is 3.69. The molecule has 1 aromatic rings. The van der Waals surface area contributed by atoms with Gasteiger partial charge in [0.2, 0.25) is 0 Å². The molecule has 4 nitrogen and oxygen atoms in total. The minimum atomic E-state index is -0.750. The smallest absolute Gasteiger partial charge is 0.307 e. The van der Waals surface area contributed by atoms with Gasteiger partial charge in [0, 0.05) is 18.2 Å². The molecule has 108 valence electrons.